The number of hydrogen-bond donors (Lipinski definition) is 1. The number of aliphatic hydroxyl groups excluding tert-OH is 1. The fourth-order valence-corrected chi connectivity index (χ4v) is 1.22. The molecule has 12 heavy (non-hydrogen) atoms. The minimum absolute atomic E-state index is 0.513. The van der Waals surface area contributed by atoms with Gasteiger partial charge < -0.3 is 9.84 Å². The molecule has 0 aromatic rings. The van der Waals surface area contributed by atoms with Gasteiger partial charge in [-0.2, -0.15) is 0 Å². The molecule has 2 heteroatoms. The van der Waals surface area contributed by atoms with Crippen molar-refractivity contribution in [2.75, 3.05) is 13.7 Å². The van der Waals surface area contributed by atoms with Crippen molar-refractivity contribution in [3.8, 4) is 0 Å². The predicted octanol–water partition coefficient (Wildman–Crippen LogP) is 2.46. The molecule has 1 aliphatic heterocycles. The molecule has 1 N–H and O–H groups in total. The Labute approximate surface area is 76.9 Å². The van der Waals surface area contributed by atoms with E-state index in [2.05, 4.69) is 13.8 Å². The number of ether oxygens (including phenoxy) is 1. The quantitative estimate of drug-likeness (QED) is 0.614. The Balaban J connectivity index is 0. The third kappa shape index (κ3) is 8.02. The summed E-state index contributed by atoms with van der Waals surface area (Å²) in [7, 11) is 1.00. The zero-order valence-corrected chi connectivity index (χ0v) is 9.13. The van der Waals surface area contributed by atoms with Crippen LogP contribution in [0.4, 0.5) is 0 Å². The SMILES string of the molecule is CC.CO.C[C@H]1CCO[C@@H](C)C1. The summed E-state index contributed by atoms with van der Waals surface area (Å²) in [5.74, 6) is 0.888. The van der Waals surface area contributed by atoms with Crippen LogP contribution in [0, 0.1) is 5.92 Å². The first kappa shape index (κ1) is 14.4. The van der Waals surface area contributed by atoms with Gasteiger partial charge in [-0.15, -0.1) is 0 Å². The highest BCUT2D eigenvalue weighted by molar-refractivity contribution is 4.63. The lowest BCUT2D eigenvalue weighted by Gasteiger charge is -2.23. The van der Waals surface area contributed by atoms with Gasteiger partial charge in [0.05, 0.1) is 6.10 Å². The largest absolute Gasteiger partial charge is 0.400 e. The third-order valence-electron chi connectivity index (χ3n) is 1.75. The van der Waals surface area contributed by atoms with Crippen LogP contribution >= 0.6 is 0 Å². The summed E-state index contributed by atoms with van der Waals surface area (Å²) in [6.07, 6.45) is 3.02. The first-order valence-electron chi connectivity index (χ1n) is 4.85. The van der Waals surface area contributed by atoms with E-state index in [-0.39, 0.29) is 0 Å². The van der Waals surface area contributed by atoms with E-state index in [0.29, 0.717) is 6.10 Å². The van der Waals surface area contributed by atoms with Crippen molar-refractivity contribution in [1.82, 2.24) is 0 Å². The van der Waals surface area contributed by atoms with Crippen LogP contribution < -0.4 is 0 Å². The van der Waals surface area contributed by atoms with E-state index >= 15 is 0 Å². The molecule has 0 unspecified atom stereocenters. The lowest BCUT2D eigenvalue weighted by atomic mass is 9.99. The third-order valence-corrected chi connectivity index (χ3v) is 1.75. The molecule has 0 aliphatic carbocycles. The molecule has 0 saturated carbocycles. The van der Waals surface area contributed by atoms with Crippen molar-refractivity contribution in [3.05, 3.63) is 0 Å². The molecule has 0 radical (unpaired) electrons. The first-order valence-corrected chi connectivity index (χ1v) is 4.85. The molecule has 76 valence electrons. The fourth-order valence-electron chi connectivity index (χ4n) is 1.22. The molecule has 0 aromatic carbocycles. The lowest BCUT2D eigenvalue weighted by molar-refractivity contribution is 0.00682. The highest BCUT2D eigenvalue weighted by Crippen LogP contribution is 2.18. The summed E-state index contributed by atoms with van der Waals surface area (Å²) in [5.41, 5.74) is 0. The van der Waals surface area contributed by atoms with Crippen LogP contribution in [0.2, 0.25) is 0 Å². The summed E-state index contributed by atoms with van der Waals surface area (Å²) < 4.78 is 5.35. The van der Waals surface area contributed by atoms with Crippen LogP contribution in [0.3, 0.4) is 0 Å². The predicted molar refractivity (Wildman–Crippen MR) is 53.3 cm³/mol. The van der Waals surface area contributed by atoms with E-state index < -0.39 is 0 Å². The second kappa shape index (κ2) is 10.9. The fraction of sp³-hybridized carbons (Fsp3) is 1.00. The Kier molecular flexibility index (Phi) is 13.1. The van der Waals surface area contributed by atoms with Crippen molar-refractivity contribution in [2.45, 2.75) is 46.6 Å². The molecule has 1 aliphatic rings. The maximum Gasteiger partial charge on any atom is 0.0549 e. The average Bonchev–Trinajstić information content (AvgIpc) is 2.11. The summed E-state index contributed by atoms with van der Waals surface area (Å²) in [6, 6.07) is 0. The Morgan fingerprint density at radius 1 is 1.17 bits per heavy atom. The van der Waals surface area contributed by atoms with Crippen molar-refractivity contribution >= 4 is 0 Å². The molecule has 0 aromatic heterocycles. The van der Waals surface area contributed by atoms with Crippen LogP contribution in [0.15, 0.2) is 0 Å². The highest BCUT2D eigenvalue weighted by Gasteiger charge is 2.13. The highest BCUT2D eigenvalue weighted by atomic mass is 16.5. The molecule has 0 bridgehead atoms. The van der Waals surface area contributed by atoms with Crippen molar-refractivity contribution in [3.63, 3.8) is 0 Å². The minimum Gasteiger partial charge on any atom is -0.400 e. The molecule has 1 fully saturated rings. The van der Waals surface area contributed by atoms with Crippen LogP contribution in [0.25, 0.3) is 0 Å². The summed E-state index contributed by atoms with van der Waals surface area (Å²) >= 11 is 0. The van der Waals surface area contributed by atoms with Crippen molar-refractivity contribution < 1.29 is 9.84 Å². The van der Waals surface area contributed by atoms with E-state index in [1.807, 2.05) is 13.8 Å². The zero-order chi connectivity index (χ0) is 9.98. The van der Waals surface area contributed by atoms with E-state index in [1.54, 1.807) is 0 Å². The molecule has 1 rings (SSSR count). The first-order chi connectivity index (χ1) is 5.79. The van der Waals surface area contributed by atoms with Crippen LogP contribution in [-0.4, -0.2) is 24.9 Å². The van der Waals surface area contributed by atoms with Gasteiger partial charge in [-0.05, 0) is 25.7 Å². The second-order valence-corrected chi connectivity index (χ2v) is 2.81. The molecule has 0 spiro atoms. The van der Waals surface area contributed by atoms with Gasteiger partial charge in [-0.3, -0.25) is 0 Å². The van der Waals surface area contributed by atoms with Gasteiger partial charge in [0.25, 0.3) is 0 Å². The Morgan fingerprint density at radius 2 is 1.67 bits per heavy atom. The van der Waals surface area contributed by atoms with Crippen molar-refractivity contribution in [2.24, 2.45) is 5.92 Å². The second-order valence-electron chi connectivity index (χ2n) is 2.81. The van der Waals surface area contributed by atoms with E-state index in [9.17, 15) is 0 Å². The topological polar surface area (TPSA) is 29.5 Å². The Bertz CT molecular complexity index is 66.2. The molecule has 1 heterocycles. The normalized spacial score (nSPS) is 27.5. The van der Waals surface area contributed by atoms with E-state index in [0.717, 1.165) is 19.6 Å². The maximum absolute atomic E-state index is 7.00. The Hall–Kier alpha value is -0.0800. The monoisotopic (exact) mass is 176 g/mol. The molecule has 0 amide bonds. The van der Waals surface area contributed by atoms with Crippen LogP contribution in [-0.2, 0) is 4.74 Å². The number of rotatable bonds is 0. The standard InChI is InChI=1S/C7H14O.C2H6.CH4O/c1-6-3-4-8-7(2)5-6;2*1-2/h6-7H,3-5H2,1-2H3;1-2H3;2H,1H3/t6-,7-;;/m0../s1. The van der Waals surface area contributed by atoms with Gasteiger partial charge in [0.15, 0.2) is 0 Å². The smallest absolute Gasteiger partial charge is 0.0549 e. The Morgan fingerprint density at radius 3 is 1.92 bits per heavy atom. The minimum atomic E-state index is 0.513. The van der Waals surface area contributed by atoms with Gasteiger partial charge in [-0.1, -0.05) is 20.8 Å². The molecular formula is C10H24O2. The van der Waals surface area contributed by atoms with Gasteiger partial charge in [0.1, 0.15) is 0 Å². The number of aliphatic hydroxyl groups is 1. The zero-order valence-electron chi connectivity index (χ0n) is 9.13. The van der Waals surface area contributed by atoms with Crippen molar-refractivity contribution in [1.29, 1.82) is 0 Å². The molecule has 2 nitrogen and oxygen atoms in total. The van der Waals surface area contributed by atoms with Gasteiger partial charge in [-0.25, -0.2) is 0 Å². The van der Waals surface area contributed by atoms with Crippen LogP contribution in [0.1, 0.15) is 40.5 Å². The summed E-state index contributed by atoms with van der Waals surface area (Å²) in [4.78, 5) is 0. The van der Waals surface area contributed by atoms with Gasteiger partial charge in [0.2, 0.25) is 0 Å². The molecule has 1 saturated heterocycles. The summed E-state index contributed by atoms with van der Waals surface area (Å²) in [5, 5.41) is 7.00. The average molecular weight is 176 g/mol. The van der Waals surface area contributed by atoms with Gasteiger partial charge >= 0.3 is 0 Å². The maximum atomic E-state index is 7.00. The van der Waals surface area contributed by atoms with E-state index in [4.69, 9.17) is 9.84 Å². The van der Waals surface area contributed by atoms with Gasteiger partial charge in [0, 0.05) is 13.7 Å². The lowest BCUT2D eigenvalue weighted by Crippen LogP contribution is -2.20. The molecule has 2 atom stereocenters. The van der Waals surface area contributed by atoms with E-state index in [1.165, 1.54) is 12.8 Å². The van der Waals surface area contributed by atoms with Crippen LogP contribution in [0.5, 0.6) is 0 Å². The summed E-state index contributed by atoms with van der Waals surface area (Å²) in [6.45, 7) is 9.41. The molecular weight excluding hydrogens is 152 g/mol. The number of hydrogen-bond acceptors (Lipinski definition) is 2.